The zero-order chi connectivity index (χ0) is 21.1. The number of ether oxygens (including phenoxy) is 1. The minimum absolute atomic E-state index is 0.127. The maximum Gasteiger partial charge on any atom is 0.325 e. The molecule has 1 aliphatic heterocycles. The van der Waals surface area contributed by atoms with E-state index in [1.807, 2.05) is 60.7 Å². The van der Waals surface area contributed by atoms with E-state index in [2.05, 4.69) is 6.58 Å². The SMILES string of the molecule is C=C1CN(Cc2ccc(Cl)cc2Cl)C(=O)N(c2ccccc2Oc2ccccc2)C1. The van der Waals surface area contributed by atoms with E-state index in [9.17, 15) is 4.79 Å². The maximum atomic E-state index is 13.3. The molecule has 4 nitrogen and oxygen atoms in total. The van der Waals surface area contributed by atoms with Crippen LogP contribution in [0.5, 0.6) is 11.5 Å². The van der Waals surface area contributed by atoms with Gasteiger partial charge in [-0.1, -0.05) is 66.2 Å². The van der Waals surface area contributed by atoms with Gasteiger partial charge >= 0.3 is 6.03 Å². The molecule has 0 saturated carbocycles. The van der Waals surface area contributed by atoms with Crippen molar-refractivity contribution in [3.05, 3.63) is 101 Å². The molecule has 6 heteroatoms. The first-order valence-electron chi connectivity index (χ1n) is 9.50. The topological polar surface area (TPSA) is 32.8 Å². The Kier molecular flexibility index (Phi) is 5.98. The number of benzene rings is 3. The van der Waals surface area contributed by atoms with Crippen LogP contribution in [0.1, 0.15) is 5.56 Å². The van der Waals surface area contributed by atoms with Crippen LogP contribution in [0, 0.1) is 0 Å². The highest BCUT2D eigenvalue weighted by Crippen LogP contribution is 2.35. The van der Waals surface area contributed by atoms with Crippen LogP contribution in [-0.4, -0.2) is 24.0 Å². The van der Waals surface area contributed by atoms with Gasteiger partial charge in [0.1, 0.15) is 5.75 Å². The van der Waals surface area contributed by atoms with Gasteiger partial charge < -0.3 is 9.64 Å². The second-order valence-corrected chi connectivity index (χ2v) is 7.94. The molecule has 0 spiro atoms. The van der Waals surface area contributed by atoms with Crippen LogP contribution in [-0.2, 0) is 6.54 Å². The van der Waals surface area contributed by atoms with E-state index in [0.717, 1.165) is 11.1 Å². The summed E-state index contributed by atoms with van der Waals surface area (Å²) in [5, 5.41) is 1.09. The molecule has 152 valence electrons. The Labute approximate surface area is 185 Å². The van der Waals surface area contributed by atoms with Gasteiger partial charge in [0.05, 0.1) is 12.2 Å². The van der Waals surface area contributed by atoms with Gasteiger partial charge in [-0.2, -0.15) is 0 Å². The van der Waals surface area contributed by atoms with Gasteiger partial charge in [0.15, 0.2) is 5.75 Å². The van der Waals surface area contributed by atoms with Crippen molar-refractivity contribution in [1.29, 1.82) is 0 Å². The average Bonchev–Trinajstić information content (AvgIpc) is 2.74. The third-order valence-corrected chi connectivity index (χ3v) is 5.39. The first-order valence-corrected chi connectivity index (χ1v) is 10.3. The van der Waals surface area contributed by atoms with Gasteiger partial charge in [-0.3, -0.25) is 4.90 Å². The van der Waals surface area contributed by atoms with Crippen molar-refractivity contribution < 1.29 is 9.53 Å². The Morgan fingerprint density at radius 2 is 1.67 bits per heavy atom. The summed E-state index contributed by atoms with van der Waals surface area (Å²) in [6, 6.07) is 22.2. The summed E-state index contributed by atoms with van der Waals surface area (Å²) in [7, 11) is 0. The molecule has 0 bridgehead atoms. The largest absolute Gasteiger partial charge is 0.455 e. The molecule has 0 atom stereocenters. The number of nitrogens with zero attached hydrogens (tertiary/aromatic N) is 2. The zero-order valence-corrected chi connectivity index (χ0v) is 17.7. The third-order valence-electron chi connectivity index (χ3n) is 4.80. The molecule has 3 aromatic carbocycles. The van der Waals surface area contributed by atoms with Gasteiger partial charge in [-0.25, -0.2) is 4.79 Å². The van der Waals surface area contributed by atoms with Crippen molar-refractivity contribution >= 4 is 34.9 Å². The van der Waals surface area contributed by atoms with E-state index in [0.29, 0.717) is 46.9 Å². The molecule has 1 fully saturated rings. The highest BCUT2D eigenvalue weighted by Gasteiger charge is 2.30. The Hall–Kier alpha value is -2.95. The predicted molar refractivity (Wildman–Crippen MR) is 122 cm³/mol. The number of urea groups is 1. The molecule has 1 heterocycles. The second kappa shape index (κ2) is 8.82. The van der Waals surface area contributed by atoms with Crippen molar-refractivity contribution in [1.82, 2.24) is 4.90 Å². The van der Waals surface area contributed by atoms with E-state index in [-0.39, 0.29) is 6.03 Å². The molecular formula is C24H20Cl2N2O2. The number of hydrogen-bond donors (Lipinski definition) is 0. The molecule has 4 rings (SSSR count). The Bertz CT molecular complexity index is 1090. The highest BCUT2D eigenvalue weighted by atomic mass is 35.5. The standard InChI is InChI=1S/C24H20Cl2N2O2/c1-17-14-27(16-18-11-12-19(25)13-21(18)26)24(29)28(15-17)22-9-5-6-10-23(22)30-20-7-3-2-4-8-20/h2-13H,1,14-16H2. The lowest BCUT2D eigenvalue weighted by Gasteiger charge is -2.37. The van der Waals surface area contributed by atoms with Crippen LogP contribution in [0.2, 0.25) is 10.0 Å². The molecule has 0 unspecified atom stereocenters. The molecule has 1 aliphatic rings. The Morgan fingerprint density at radius 3 is 2.43 bits per heavy atom. The summed E-state index contributed by atoms with van der Waals surface area (Å²) in [5.74, 6) is 1.31. The number of carbonyl (C=O) groups excluding carboxylic acids is 1. The van der Waals surface area contributed by atoms with Crippen molar-refractivity contribution in [2.45, 2.75) is 6.54 Å². The van der Waals surface area contributed by atoms with Crippen molar-refractivity contribution in [2.24, 2.45) is 0 Å². The number of halogens is 2. The molecule has 0 aliphatic carbocycles. The number of hydrogen-bond acceptors (Lipinski definition) is 2. The lowest BCUT2D eigenvalue weighted by molar-refractivity contribution is 0.201. The highest BCUT2D eigenvalue weighted by molar-refractivity contribution is 6.35. The van der Waals surface area contributed by atoms with E-state index < -0.39 is 0 Å². The lowest BCUT2D eigenvalue weighted by Crippen LogP contribution is -2.50. The first-order chi connectivity index (χ1) is 14.5. The summed E-state index contributed by atoms with van der Waals surface area (Å²) >= 11 is 12.3. The lowest BCUT2D eigenvalue weighted by atomic mass is 10.1. The monoisotopic (exact) mass is 438 g/mol. The Balaban J connectivity index is 1.61. The Morgan fingerprint density at radius 1 is 0.933 bits per heavy atom. The normalized spacial score (nSPS) is 14.2. The summed E-state index contributed by atoms with van der Waals surface area (Å²) in [6.07, 6.45) is 0. The first kappa shape index (κ1) is 20.3. The van der Waals surface area contributed by atoms with Crippen LogP contribution >= 0.6 is 23.2 Å². The summed E-state index contributed by atoms with van der Waals surface area (Å²) in [4.78, 5) is 16.8. The van der Waals surface area contributed by atoms with E-state index >= 15 is 0 Å². The number of para-hydroxylation sites is 3. The minimum atomic E-state index is -0.127. The number of rotatable bonds is 5. The molecule has 30 heavy (non-hydrogen) atoms. The van der Waals surface area contributed by atoms with Gasteiger partial charge in [-0.05, 0) is 47.5 Å². The number of amides is 2. The van der Waals surface area contributed by atoms with Gasteiger partial charge in [0.2, 0.25) is 0 Å². The molecule has 2 amide bonds. The average molecular weight is 439 g/mol. The van der Waals surface area contributed by atoms with Crippen LogP contribution in [0.3, 0.4) is 0 Å². The fraction of sp³-hybridized carbons (Fsp3) is 0.125. The molecule has 0 N–H and O–H groups in total. The summed E-state index contributed by atoms with van der Waals surface area (Å²) in [5.41, 5.74) is 2.45. The minimum Gasteiger partial charge on any atom is -0.455 e. The van der Waals surface area contributed by atoms with Gasteiger partial charge in [0, 0.05) is 23.1 Å². The van der Waals surface area contributed by atoms with E-state index in [1.54, 1.807) is 21.9 Å². The summed E-state index contributed by atoms with van der Waals surface area (Å²) < 4.78 is 6.05. The number of anilines is 1. The van der Waals surface area contributed by atoms with Crippen molar-refractivity contribution in [3.63, 3.8) is 0 Å². The fourth-order valence-electron chi connectivity index (χ4n) is 3.40. The van der Waals surface area contributed by atoms with E-state index in [4.69, 9.17) is 27.9 Å². The van der Waals surface area contributed by atoms with Crippen LogP contribution in [0.15, 0.2) is 84.9 Å². The molecule has 0 aromatic heterocycles. The van der Waals surface area contributed by atoms with Gasteiger partial charge in [0.25, 0.3) is 0 Å². The smallest absolute Gasteiger partial charge is 0.325 e. The molecular weight excluding hydrogens is 419 g/mol. The van der Waals surface area contributed by atoms with E-state index in [1.165, 1.54) is 0 Å². The second-order valence-electron chi connectivity index (χ2n) is 7.09. The fourth-order valence-corrected chi connectivity index (χ4v) is 3.87. The van der Waals surface area contributed by atoms with Gasteiger partial charge in [-0.15, -0.1) is 0 Å². The predicted octanol–water partition coefficient (Wildman–Crippen LogP) is 6.78. The summed E-state index contributed by atoms with van der Waals surface area (Å²) in [6.45, 7) is 5.40. The quantitative estimate of drug-likeness (QED) is 0.411. The maximum absolute atomic E-state index is 13.3. The molecule has 1 saturated heterocycles. The van der Waals surface area contributed by atoms with Crippen LogP contribution < -0.4 is 9.64 Å². The van der Waals surface area contributed by atoms with Crippen molar-refractivity contribution in [2.75, 3.05) is 18.0 Å². The number of carbonyl (C=O) groups is 1. The molecule has 3 aromatic rings. The third kappa shape index (κ3) is 4.45. The van der Waals surface area contributed by atoms with Crippen molar-refractivity contribution in [3.8, 4) is 11.5 Å². The van der Waals surface area contributed by atoms with Crippen LogP contribution in [0.25, 0.3) is 0 Å². The van der Waals surface area contributed by atoms with Crippen LogP contribution in [0.4, 0.5) is 10.5 Å². The molecule has 0 radical (unpaired) electrons. The zero-order valence-electron chi connectivity index (χ0n) is 16.2.